The summed E-state index contributed by atoms with van der Waals surface area (Å²) in [5.41, 5.74) is 2.32. The molecule has 5 N–H and O–H groups in total. The Labute approximate surface area is 193 Å². The number of aliphatic hydroxyl groups excluding tert-OH is 5. The zero-order chi connectivity index (χ0) is 23.9. The Morgan fingerprint density at radius 2 is 1.70 bits per heavy atom. The Kier molecular flexibility index (Phi) is 6.68. The van der Waals surface area contributed by atoms with Crippen molar-refractivity contribution in [3.63, 3.8) is 0 Å². The lowest BCUT2D eigenvalue weighted by atomic mass is 9.87. The number of hydrogen-bond acceptors (Lipinski definition) is 8. The lowest BCUT2D eigenvalue weighted by Gasteiger charge is -2.46. The number of aliphatic hydroxyl groups is 5. The Balaban J connectivity index is 1.69. The molecule has 2 aromatic carbocycles. The standard InChI is InChI=1S/C24H25FO7S/c1-12-3-6-14(24(31-2)22(29)20(27)21(28)23(30)32-24)11-16(12)19(26)18-10-9-17(33-18)13-4-7-15(25)8-5-13/h3-11,19-23,26-30H,1-2H3/t19?,20-,21-,22+,23-,24-/m0/s1. The van der Waals surface area contributed by atoms with E-state index in [9.17, 15) is 29.9 Å². The second-order valence-corrected chi connectivity index (χ2v) is 9.10. The smallest absolute Gasteiger partial charge is 0.226 e. The molecular formula is C24H25FO7S. The number of ether oxygens (including phenoxy) is 2. The van der Waals surface area contributed by atoms with Crippen LogP contribution in [0.2, 0.25) is 0 Å². The fourth-order valence-corrected chi connectivity index (χ4v) is 5.02. The normalized spacial score (nSPS) is 28.6. The van der Waals surface area contributed by atoms with Crippen LogP contribution in [0.15, 0.2) is 54.6 Å². The number of halogens is 1. The SMILES string of the molecule is CO[C@@]1(c2ccc(C)c(C(O)c3ccc(-c4ccc(F)cc4)s3)c2)O[C@H](O)[C@@H](O)[C@H](O)[C@H]1O. The predicted molar refractivity (Wildman–Crippen MR) is 119 cm³/mol. The summed E-state index contributed by atoms with van der Waals surface area (Å²) < 4.78 is 24.1. The van der Waals surface area contributed by atoms with Gasteiger partial charge in [0.05, 0.1) is 0 Å². The van der Waals surface area contributed by atoms with Crippen LogP contribution in [0.3, 0.4) is 0 Å². The Morgan fingerprint density at radius 3 is 2.36 bits per heavy atom. The van der Waals surface area contributed by atoms with E-state index in [1.165, 1.54) is 30.6 Å². The predicted octanol–water partition coefficient (Wildman–Crippen LogP) is 2.17. The minimum absolute atomic E-state index is 0.248. The number of rotatable bonds is 5. The minimum Gasteiger partial charge on any atom is -0.387 e. The van der Waals surface area contributed by atoms with E-state index < -0.39 is 36.5 Å². The molecule has 7 nitrogen and oxygen atoms in total. The largest absolute Gasteiger partial charge is 0.387 e. The molecule has 2 heterocycles. The lowest BCUT2D eigenvalue weighted by Crippen LogP contribution is -2.63. The van der Waals surface area contributed by atoms with E-state index in [0.29, 0.717) is 10.4 Å². The van der Waals surface area contributed by atoms with Crippen molar-refractivity contribution in [1.82, 2.24) is 0 Å². The van der Waals surface area contributed by atoms with Crippen LogP contribution in [-0.2, 0) is 15.3 Å². The average Bonchev–Trinajstić information content (AvgIpc) is 3.31. The van der Waals surface area contributed by atoms with Gasteiger partial charge in [0.15, 0.2) is 6.29 Å². The first-order valence-electron chi connectivity index (χ1n) is 10.3. The van der Waals surface area contributed by atoms with Crippen molar-refractivity contribution >= 4 is 11.3 Å². The van der Waals surface area contributed by atoms with E-state index >= 15 is 0 Å². The van der Waals surface area contributed by atoms with Crippen LogP contribution in [0.1, 0.15) is 27.7 Å². The van der Waals surface area contributed by atoms with Crippen molar-refractivity contribution in [3.05, 3.63) is 82.0 Å². The van der Waals surface area contributed by atoms with Crippen molar-refractivity contribution in [1.29, 1.82) is 0 Å². The fraction of sp³-hybridized carbons (Fsp3) is 0.333. The van der Waals surface area contributed by atoms with Gasteiger partial charge in [0.25, 0.3) is 0 Å². The molecule has 1 saturated heterocycles. The number of methoxy groups -OCH3 is 1. The molecule has 9 heteroatoms. The molecule has 0 radical (unpaired) electrons. The number of benzene rings is 2. The Bertz CT molecular complexity index is 1120. The summed E-state index contributed by atoms with van der Waals surface area (Å²) in [6, 6.07) is 14.6. The highest BCUT2D eigenvalue weighted by molar-refractivity contribution is 7.15. The van der Waals surface area contributed by atoms with E-state index in [1.54, 1.807) is 36.4 Å². The number of aryl methyl sites for hydroxylation is 1. The molecule has 1 fully saturated rings. The van der Waals surface area contributed by atoms with Crippen LogP contribution in [0.4, 0.5) is 4.39 Å². The fourth-order valence-electron chi connectivity index (χ4n) is 4.00. The maximum atomic E-state index is 13.2. The molecule has 3 aromatic rings. The summed E-state index contributed by atoms with van der Waals surface area (Å²) in [6.45, 7) is 1.81. The molecule has 0 saturated carbocycles. The van der Waals surface area contributed by atoms with Gasteiger partial charge in [-0.3, -0.25) is 0 Å². The zero-order valence-corrected chi connectivity index (χ0v) is 18.7. The second kappa shape index (κ2) is 9.21. The molecule has 1 aliphatic heterocycles. The molecule has 1 unspecified atom stereocenters. The topological polar surface area (TPSA) is 120 Å². The van der Waals surface area contributed by atoms with Gasteiger partial charge in [0.1, 0.15) is 30.2 Å². The van der Waals surface area contributed by atoms with Gasteiger partial charge in [0.2, 0.25) is 5.79 Å². The van der Waals surface area contributed by atoms with Gasteiger partial charge < -0.3 is 35.0 Å². The summed E-state index contributed by atoms with van der Waals surface area (Å²) in [4.78, 5) is 1.50. The van der Waals surface area contributed by atoms with Crippen LogP contribution >= 0.6 is 11.3 Å². The molecule has 0 amide bonds. The zero-order valence-electron chi connectivity index (χ0n) is 17.9. The van der Waals surface area contributed by atoms with Crippen LogP contribution < -0.4 is 0 Å². The van der Waals surface area contributed by atoms with Crippen LogP contribution in [-0.4, -0.2) is 57.2 Å². The first-order chi connectivity index (χ1) is 15.7. The van der Waals surface area contributed by atoms with Gasteiger partial charge in [-0.05, 0) is 53.9 Å². The highest BCUT2D eigenvalue weighted by Gasteiger charge is 2.55. The van der Waals surface area contributed by atoms with Crippen LogP contribution in [0, 0.1) is 12.7 Å². The maximum Gasteiger partial charge on any atom is 0.226 e. The Hall–Kier alpha value is -2.21. The van der Waals surface area contributed by atoms with Gasteiger partial charge in [-0.2, -0.15) is 0 Å². The van der Waals surface area contributed by atoms with Crippen molar-refractivity contribution in [2.75, 3.05) is 7.11 Å². The number of hydrogen-bond donors (Lipinski definition) is 5. The summed E-state index contributed by atoms with van der Waals surface area (Å²) >= 11 is 1.35. The minimum atomic E-state index is -1.96. The molecule has 0 aliphatic carbocycles. The third-order valence-corrected chi connectivity index (χ3v) is 7.14. The van der Waals surface area contributed by atoms with Gasteiger partial charge in [-0.25, -0.2) is 4.39 Å². The molecule has 33 heavy (non-hydrogen) atoms. The molecule has 4 rings (SSSR count). The van der Waals surface area contributed by atoms with Crippen LogP contribution in [0.5, 0.6) is 0 Å². The molecular weight excluding hydrogens is 451 g/mol. The third-order valence-electron chi connectivity index (χ3n) is 5.96. The average molecular weight is 477 g/mol. The van der Waals surface area contributed by atoms with E-state index in [0.717, 1.165) is 16.0 Å². The van der Waals surface area contributed by atoms with Gasteiger partial charge >= 0.3 is 0 Å². The molecule has 176 valence electrons. The summed E-state index contributed by atoms with van der Waals surface area (Å²) in [5.74, 6) is -2.29. The lowest BCUT2D eigenvalue weighted by molar-refractivity contribution is -0.398. The molecule has 6 atom stereocenters. The summed E-state index contributed by atoms with van der Waals surface area (Å²) in [6.07, 6.45) is -7.97. The second-order valence-electron chi connectivity index (χ2n) is 7.99. The van der Waals surface area contributed by atoms with Crippen molar-refractivity contribution in [2.45, 2.75) is 43.4 Å². The van der Waals surface area contributed by atoms with Crippen molar-refractivity contribution in [3.8, 4) is 10.4 Å². The van der Waals surface area contributed by atoms with E-state index in [-0.39, 0.29) is 11.4 Å². The van der Waals surface area contributed by atoms with Crippen molar-refractivity contribution in [2.24, 2.45) is 0 Å². The third kappa shape index (κ3) is 4.23. The van der Waals surface area contributed by atoms with E-state index in [2.05, 4.69) is 0 Å². The quantitative estimate of drug-likeness (QED) is 0.383. The van der Waals surface area contributed by atoms with Gasteiger partial charge in [0, 0.05) is 22.4 Å². The van der Waals surface area contributed by atoms with E-state index in [4.69, 9.17) is 9.47 Å². The van der Waals surface area contributed by atoms with Crippen LogP contribution in [0.25, 0.3) is 10.4 Å². The molecule has 0 spiro atoms. The van der Waals surface area contributed by atoms with Gasteiger partial charge in [-0.15, -0.1) is 11.3 Å². The number of thiophene rings is 1. The van der Waals surface area contributed by atoms with Gasteiger partial charge in [-0.1, -0.05) is 24.3 Å². The summed E-state index contributed by atoms with van der Waals surface area (Å²) in [5, 5.41) is 51.8. The molecule has 1 aromatic heterocycles. The highest BCUT2D eigenvalue weighted by Crippen LogP contribution is 2.41. The first kappa shape index (κ1) is 23.9. The summed E-state index contributed by atoms with van der Waals surface area (Å²) in [7, 11) is 1.24. The monoisotopic (exact) mass is 476 g/mol. The van der Waals surface area contributed by atoms with E-state index in [1.807, 2.05) is 13.0 Å². The van der Waals surface area contributed by atoms with Crippen molar-refractivity contribution < 1.29 is 39.4 Å². The Morgan fingerprint density at radius 1 is 1.00 bits per heavy atom. The molecule has 0 bridgehead atoms. The molecule has 1 aliphatic rings. The highest BCUT2D eigenvalue weighted by atomic mass is 32.1. The maximum absolute atomic E-state index is 13.2. The first-order valence-corrected chi connectivity index (χ1v) is 11.1.